The van der Waals surface area contributed by atoms with Crippen molar-refractivity contribution < 1.29 is 9.90 Å². The van der Waals surface area contributed by atoms with E-state index in [2.05, 4.69) is 20.6 Å². The molecule has 4 rings (SSSR count). The molecule has 1 amide bonds. The van der Waals surface area contributed by atoms with Gasteiger partial charge >= 0.3 is 0 Å². The average molecular weight is 481 g/mol. The molecule has 0 aliphatic carbocycles. The smallest absolute Gasteiger partial charge is 0.261 e. The molecule has 3 N–H and O–H groups in total. The summed E-state index contributed by atoms with van der Waals surface area (Å²) in [5.74, 6) is 0.289. The molecule has 0 radical (unpaired) electrons. The molecule has 2 aromatic heterocycles. The molecule has 2 aromatic carbocycles. The Kier molecular flexibility index (Phi) is 8.95. The molecule has 4 aromatic rings. The molecule has 0 saturated carbocycles. The number of hydrogen-bond acceptors (Lipinski definition) is 6. The van der Waals surface area contributed by atoms with E-state index in [1.165, 1.54) is 11.3 Å². The minimum atomic E-state index is -0.149. The second-order valence-corrected chi connectivity index (χ2v) is 8.25. The van der Waals surface area contributed by atoms with E-state index in [9.17, 15) is 9.90 Å². The summed E-state index contributed by atoms with van der Waals surface area (Å²) in [6.45, 7) is 4.37. The molecule has 0 unspecified atom stereocenters. The van der Waals surface area contributed by atoms with E-state index < -0.39 is 0 Å². The highest BCUT2D eigenvalue weighted by atomic mass is 35.5. The Morgan fingerprint density at radius 1 is 1.03 bits per heavy atom. The van der Waals surface area contributed by atoms with Crippen LogP contribution in [0.1, 0.15) is 34.6 Å². The summed E-state index contributed by atoms with van der Waals surface area (Å²) in [5.41, 5.74) is 3.24. The number of carbonyl (C=O) groups is 1. The van der Waals surface area contributed by atoms with Crippen molar-refractivity contribution in [2.75, 3.05) is 5.32 Å². The van der Waals surface area contributed by atoms with Gasteiger partial charge in [-0.15, -0.1) is 11.3 Å². The number of nitrogens with zero attached hydrogens (tertiary/aromatic N) is 2. The lowest BCUT2D eigenvalue weighted by molar-refractivity contribution is 0.0955. The molecule has 0 atom stereocenters. The van der Waals surface area contributed by atoms with Gasteiger partial charge in [0.15, 0.2) is 0 Å². The van der Waals surface area contributed by atoms with Gasteiger partial charge in [0.05, 0.1) is 22.1 Å². The van der Waals surface area contributed by atoms with Crippen molar-refractivity contribution in [2.45, 2.75) is 27.0 Å². The first-order valence-corrected chi connectivity index (χ1v) is 11.7. The number of rotatable bonds is 7. The Balaban J connectivity index is 0.00000149. The summed E-state index contributed by atoms with van der Waals surface area (Å²) in [5, 5.41) is 16.0. The lowest BCUT2D eigenvalue weighted by atomic mass is 10.2. The molecule has 2 heterocycles. The summed E-state index contributed by atoms with van der Waals surface area (Å²) < 4.78 is 0. The first kappa shape index (κ1) is 24.4. The van der Waals surface area contributed by atoms with Gasteiger partial charge in [0.25, 0.3) is 5.91 Å². The molecule has 0 aliphatic heterocycles. The van der Waals surface area contributed by atoms with Gasteiger partial charge in [0.1, 0.15) is 0 Å². The summed E-state index contributed by atoms with van der Waals surface area (Å²) in [7, 11) is 0. The van der Waals surface area contributed by atoms with Crippen LogP contribution >= 0.6 is 22.9 Å². The zero-order valence-corrected chi connectivity index (χ0v) is 20.0. The van der Waals surface area contributed by atoms with Crippen LogP contribution in [-0.4, -0.2) is 21.0 Å². The fraction of sp³-hybridized carbons (Fsp3) is 0.160. The van der Waals surface area contributed by atoms with Crippen molar-refractivity contribution in [1.29, 1.82) is 0 Å². The lowest BCUT2D eigenvalue weighted by Crippen LogP contribution is -2.21. The minimum absolute atomic E-state index is 0.0340. The molecule has 0 fully saturated rings. The number of nitrogens with one attached hydrogen (secondary N) is 2. The third kappa shape index (κ3) is 6.86. The largest absolute Gasteiger partial charge is 0.392 e. The second kappa shape index (κ2) is 12.1. The van der Waals surface area contributed by atoms with Crippen molar-refractivity contribution >= 4 is 40.5 Å². The Morgan fingerprint density at radius 3 is 2.61 bits per heavy atom. The van der Waals surface area contributed by atoms with Crippen LogP contribution in [0.5, 0.6) is 0 Å². The van der Waals surface area contributed by atoms with Crippen LogP contribution in [0.2, 0.25) is 5.02 Å². The Bertz CT molecular complexity index is 1210. The van der Waals surface area contributed by atoms with Gasteiger partial charge in [-0.1, -0.05) is 49.7 Å². The SMILES string of the molecule is CC.O=C(NCc1cccc(Cl)c1)c1ccc(-c2ccnc(Nc3cccc(CO)c3)n2)s1. The topological polar surface area (TPSA) is 87.1 Å². The van der Waals surface area contributed by atoms with Crippen molar-refractivity contribution in [1.82, 2.24) is 15.3 Å². The number of carbonyl (C=O) groups excluding carboxylic acids is 1. The number of halogens is 1. The van der Waals surface area contributed by atoms with E-state index in [1.807, 2.05) is 62.4 Å². The van der Waals surface area contributed by atoms with Gasteiger partial charge in [-0.3, -0.25) is 4.79 Å². The summed E-state index contributed by atoms with van der Waals surface area (Å²) in [6.07, 6.45) is 1.67. The van der Waals surface area contributed by atoms with E-state index in [4.69, 9.17) is 11.6 Å². The van der Waals surface area contributed by atoms with E-state index in [0.717, 1.165) is 27.4 Å². The molecule has 33 heavy (non-hydrogen) atoms. The van der Waals surface area contributed by atoms with Gasteiger partial charge in [0.2, 0.25) is 5.95 Å². The Morgan fingerprint density at radius 2 is 1.82 bits per heavy atom. The number of hydrogen-bond donors (Lipinski definition) is 3. The molecular weight excluding hydrogens is 456 g/mol. The van der Waals surface area contributed by atoms with E-state index >= 15 is 0 Å². The predicted molar refractivity (Wildman–Crippen MR) is 135 cm³/mol. The zero-order chi connectivity index (χ0) is 23.6. The molecule has 0 spiro atoms. The molecule has 170 valence electrons. The highest BCUT2D eigenvalue weighted by molar-refractivity contribution is 7.17. The Hall–Kier alpha value is -3.26. The van der Waals surface area contributed by atoms with Crippen LogP contribution in [-0.2, 0) is 13.2 Å². The van der Waals surface area contributed by atoms with Crippen LogP contribution in [0.3, 0.4) is 0 Å². The zero-order valence-electron chi connectivity index (χ0n) is 18.4. The normalized spacial score (nSPS) is 10.2. The van der Waals surface area contributed by atoms with Crippen LogP contribution in [0.4, 0.5) is 11.6 Å². The number of aliphatic hydroxyl groups excluding tert-OH is 1. The maximum atomic E-state index is 12.5. The highest BCUT2D eigenvalue weighted by Gasteiger charge is 2.12. The van der Waals surface area contributed by atoms with Gasteiger partial charge in [-0.05, 0) is 53.6 Å². The van der Waals surface area contributed by atoms with E-state index in [1.54, 1.807) is 24.4 Å². The fourth-order valence-electron chi connectivity index (χ4n) is 2.95. The number of amides is 1. The number of thiophene rings is 1. The van der Waals surface area contributed by atoms with Crippen molar-refractivity contribution in [3.8, 4) is 10.6 Å². The average Bonchev–Trinajstić information content (AvgIpc) is 3.35. The van der Waals surface area contributed by atoms with E-state index in [0.29, 0.717) is 22.4 Å². The van der Waals surface area contributed by atoms with Gasteiger partial charge < -0.3 is 15.7 Å². The van der Waals surface area contributed by atoms with Crippen LogP contribution < -0.4 is 10.6 Å². The van der Waals surface area contributed by atoms with E-state index in [-0.39, 0.29) is 12.5 Å². The van der Waals surface area contributed by atoms with Crippen LogP contribution in [0, 0.1) is 0 Å². The number of benzene rings is 2. The summed E-state index contributed by atoms with van der Waals surface area (Å²) in [4.78, 5) is 22.8. The molecule has 6 nitrogen and oxygen atoms in total. The predicted octanol–water partition coefficient (Wildman–Crippen LogP) is 6.05. The quantitative estimate of drug-likeness (QED) is 0.299. The summed E-state index contributed by atoms with van der Waals surface area (Å²) >= 11 is 7.35. The maximum absolute atomic E-state index is 12.5. The standard InChI is InChI=1S/C23H19ClN4O2S.C2H6/c24-17-5-1-3-15(11-17)13-26-22(30)21-8-7-20(31-21)19-9-10-25-23(28-19)27-18-6-2-4-16(12-18)14-29;1-2/h1-12,29H,13-14H2,(H,26,30)(H,25,27,28);1-2H3. The highest BCUT2D eigenvalue weighted by Crippen LogP contribution is 2.27. The maximum Gasteiger partial charge on any atom is 0.261 e. The number of aromatic nitrogens is 2. The fourth-order valence-corrected chi connectivity index (χ4v) is 4.05. The lowest BCUT2D eigenvalue weighted by Gasteiger charge is -2.07. The molecule has 8 heteroatoms. The molecule has 0 aliphatic rings. The number of anilines is 2. The van der Waals surface area contributed by atoms with Crippen LogP contribution in [0.25, 0.3) is 10.6 Å². The van der Waals surface area contributed by atoms with Crippen molar-refractivity contribution in [2.24, 2.45) is 0 Å². The minimum Gasteiger partial charge on any atom is -0.392 e. The second-order valence-electron chi connectivity index (χ2n) is 6.73. The van der Waals surface area contributed by atoms with Crippen molar-refractivity contribution in [3.05, 3.63) is 94.0 Å². The summed E-state index contributed by atoms with van der Waals surface area (Å²) in [6, 6.07) is 20.3. The van der Waals surface area contributed by atoms with Gasteiger partial charge in [-0.2, -0.15) is 0 Å². The van der Waals surface area contributed by atoms with Crippen LogP contribution in [0.15, 0.2) is 72.9 Å². The molecular formula is C25H25ClN4O2S. The Labute approximate surface area is 202 Å². The third-order valence-electron chi connectivity index (χ3n) is 4.45. The van der Waals surface area contributed by atoms with Gasteiger partial charge in [0, 0.05) is 23.5 Å². The molecule has 0 saturated heterocycles. The first-order chi connectivity index (χ1) is 16.1. The third-order valence-corrected chi connectivity index (χ3v) is 5.79. The van der Waals surface area contributed by atoms with Gasteiger partial charge in [-0.25, -0.2) is 9.97 Å². The monoisotopic (exact) mass is 480 g/mol. The first-order valence-electron chi connectivity index (χ1n) is 10.5. The van der Waals surface area contributed by atoms with Crippen molar-refractivity contribution in [3.63, 3.8) is 0 Å². The molecule has 0 bridgehead atoms. The number of aliphatic hydroxyl groups is 1.